The Balaban J connectivity index is 1.35. The van der Waals surface area contributed by atoms with Crippen LogP contribution in [0.5, 0.6) is 0 Å². The van der Waals surface area contributed by atoms with Gasteiger partial charge in [0.2, 0.25) is 0 Å². The highest BCUT2D eigenvalue weighted by atomic mass is 19.4. The lowest BCUT2D eigenvalue weighted by Gasteiger charge is -2.33. The molecular formula is C25H23F3N6O. The minimum absolute atomic E-state index is 0.121. The zero-order valence-corrected chi connectivity index (χ0v) is 18.8. The fourth-order valence-corrected chi connectivity index (χ4v) is 4.25. The first-order valence-corrected chi connectivity index (χ1v) is 11.1. The van der Waals surface area contributed by atoms with Crippen LogP contribution in [0, 0.1) is 6.92 Å². The SMILES string of the molecule is Cc1ccccc1Cn1ccc(NC(=O)c2cc3n(n2)[C@@H](C(F)(F)F)C[C@@H](c2ccccc2)N3)n1. The van der Waals surface area contributed by atoms with Crippen molar-refractivity contribution in [3.63, 3.8) is 0 Å². The van der Waals surface area contributed by atoms with Crippen LogP contribution in [0.4, 0.5) is 24.8 Å². The third-order valence-corrected chi connectivity index (χ3v) is 6.10. The molecule has 0 fully saturated rings. The normalized spacial score (nSPS) is 17.5. The summed E-state index contributed by atoms with van der Waals surface area (Å²) in [4.78, 5) is 12.8. The lowest BCUT2D eigenvalue weighted by atomic mass is 9.97. The number of nitrogens with zero attached hydrogens (tertiary/aromatic N) is 4. The van der Waals surface area contributed by atoms with Gasteiger partial charge in [-0.2, -0.15) is 23.4 Å². The molecule has 4 aromatic rings. The van der Waals surface area contributed by atoms with Gasteiger partial charge in [-0.05, 0) is 23.6 Å². The molecule has 1 amide bonds. The summed E-state index contributed by atoms with van der Waals surface area (Å²) in [6.07, 6.45) is -3.02. The number of aryl methyl sites for hydroxylation is 1. The van der Waals surface area contributed by atoms with Gasteiger partial charge in [0.15, 0.2) is 17.6 Å². The number of rotatable bonds is 5. The fourth-order valence-electron chi connectivity index (χ4n) is 4.25. The van der Waals surface area contributed by atoms with Crippen LogP contribution in [-0.4, -0.2) is 31.6 Å². The largest absolute Gasteiger partial charge is 0.410 e. The molecule has 3 heterocycles. The van der Waals surface area contributed by atoms with Crippen molar-refractivity contribution in [1.29, 1.82) is 0 Å². The number of halogens is 3. The van der Waals surface area contributed by atoms with Crippen LogP contribution in [0.3, 0.4) is 0 Å². The Labute approximate surface area is 199 Å². The highest BCUT2D eigenvalue weighted by Crippen LogP contribution is 2.43. The maximum atomic E-state index is 13.9. The summed E-state index contributed by atoms with van der Waals surface area (Å²) in [7, 11) is 0. The number of hydrogen-bond donors (Lipinski definition) is 2. The molecule has 0 bridgehead atoms. The molecule has 10 heteroatoms. The van der Waals surface area contributed by atoms with E-state index in [1.165, 1.54) is 6.07 Å². The highest BCUT2D eigenvalue weighted by molar-refractivity contribution is 6.02. The first-order chi connectivity index (χ1) is 16.8. The second-order valence-corrected chi connectivity index (χ2v) is 8.54. The topological polar surface area (TPSA) is 76.8 Å². The van der Waals surface area contributed by atoms with E-state index in [-0.39, 0.29) is 23.8 Å². The molecule has 180 valence electrons. The van der Waals surface area contributed by atoms with Gasteiger partial charge in [-0.15, -0.1) is 0 Å². The summed E-state index contributed by atoms with van der Waals surface area (Å²) < 4.78 is 44.2. The van der Waals surface area contributed by atoms with Crippen molar-refractivity contribution in [1.82, 2.24) is 19.6 Å². The lowest BCUT2D eigenvalue weighted by molar-refractivity contribution is -0.173. The molecule has 2 aromatic carbocycles. The third-order valence-electron chi connectivity index (χ3n) is 6.10. The van der Waals surface area contributed by atoms with Gasteiger partial charge in [0.05, 0.1) is 12.6 Å². The molecule has 0 spiro atoms. The number of benzene rings is 2. The summed E-state index contributed by atoms with van der Waals surface area (Å²) in [6.45, 7) is 2.53. The second-order valence-electron chi connectivity index (χ2n) is 8.54. The minimum atomic E-state index is -4.52. The standard InChI is InChI=1S/C25H23F3N6O/c1-16-7-5-6-10-18(16)15-33-12-11-22(32-33)30-24(35)20-14-23-29-19(17-8-3-2-4-9-17)13-21(25(26,27)28)34(23)31-20/h2-12,14,19,21,29H,13,15H2,1H3,(H,30,32,35)/t19-,21+/m0/s1. The number of carbonyl (C=O) groups excluding carboxylic acids is 1. The smallest absolute Gasteiger partial charge is 0.363 e. The Morgan fingerprint density at radius 2 is 1.83 bits per heavy atom. The number of fused-ring (bicyclic) bond motifs is 1. The Morgan fingerprint density at radius 3 is 2.57 bits per heavy atom. The summed E-state index contributed by atoms with van der Waals surface area (Å²) in [5.74, 6) is -0.202. The molecule has 0 radical (unpaired) electrons. The molecule has 0 saturated carbocycles. The van der Waals surface area contributed by atoms with E-state index in [0.717, 1.165) is 21.4 Å². The van der Waals surface area contributed by atoms with Gasteiger partial charge >= 0.3 is 6.18 Å². The molecule has 1 aliphatic rings. The van der Waals surface area contributed by atoms with Crippen LogP contribution in [0.2, 0.25) is 0 Å². The van der Waals surface area contributed by atoms with E-state index in [2.05, 4.69) is 20.8 Å². The number of alkyl halides is 3. The van der Waals surface area contributed by atoms with Crippen LogP contribution >= 0.6 is 0 Å². The fraction of sp³-hybridized carbons (Fsp3) is 0.240. The summed E-state index contributed by atoms with van der Waals surface area (Å²) in [5, 5.41) is 14.1. The summed E-state index contributed by atoms with van der Waals surface area (Å²) >= 11 is 0. The quantitative estimate of drug-likeness (QED) is 0.404. The molecule has 2 atom stereocenters. The van der Waals surface area contributed by atoms with E-state index in [4.69, 9.17) is 0 Å². The predicted molar refractivity (Wildman–Crippen MR) is 125 cm³/mol. The molecule has 5 rings (SSSR count). The number of amides is 1. The number of aromatic nitrogens is 4. The zero-order chi connectivity index (χ0) is 24.6. The van der Waals surface area contributed by atoms with Crippen molar-refractivity contribution < 1.29 is 18.0 Å². The van der Waals surface area contributed by atoms with Crippen molar-refractivity contribution in [2.45, 2.75) is 38.1 Å². The highest BCUT2D eigenvalue weighted by Gasteiger charge is 2.46. The van der Waals surface area contributed by atoms with Gasteiger partial charge in [0.25, 0.3) is 5.91 Å². The van der Waals surface area contributed by atoms with Crippen molar-refractivity contribution in [3.05, 3.63) is 95.3 Å². The molecular weight excluding hydrogens is 457 g/mol. The molecule has 35 heavy (non-hydrogen) atoms. The van der Waals surface area contributed by atoms with E-state index >= 15 is 0 Å². The van der Waals surface area contributed by atoms with Gasteiger partial charge < -0.3 is 10.6 Å². The number of nitrogens with one attached hydrogen (secondary N) is 2. The van der Waals surface area contributed by atoms with Crippen LogP contribution in [0.25, 0.3) is 0 Å². The Morgan fingerprint density at radius 1 is 1.09 bits per heavy atom. The predicted octanol–water partition coefficient (Wildman–Crippen LogP) is 5.35. The second kappa shape index (κ2) is 8.94. The van der Waals surface area contributed by atoms with Gasteiger partial charge in [-0.3, -0.25) is 9.48 Å². The molecule has 0 saturated heterocycles. The maximum Gasteiger partial charge on any atom is 0.410 e. The summed E-state index contributed by atoms with van der Waals surface area (Å²) in [6, 6.07) is 17.4. The zero-order valence-electron chi connectivity index (χ0n) is 18.8. The number of anilines is 2. The van der Waals surface area contributed by atoms with Gasteiger partial charge in [0, 0.05) is 24.8 Å². The molecule has 2 aromatic heterocycles. The van der Waals surface area contributed by atoms with Crippen molar-refractivity contribution in [3.8, 4) is 0 Å². The average molecular weight is 480 g/mol. The minimum Gasteiger partial charge on any atom is -0.363 e. The molecule has 7 nitrogen and oxygen atoms in total. The Hall–Kier alpha value is -4.08. The lowest BCUT2D eigenvalue weighted by Crippen LogP contribution is -2.35. The Bertz CT molecular complexity index is 1340. The number of hydrogen-bond acceptors (Lipinski definition) is 4. The first-order valence-electron chi connectivity index (χ1n) is 11.1. The summed E-state index contributed by atoms with van der Waals surface area (Å²) in [5.41, 5.74) is 2.83. The molecule has 1 aliphatic heterocycles. The van der Waals surface area contributed by atoms with Crippen LogP contribution < -0.4 is 10.6 Å². The van der Waals surface area contributed by atoms with E-state index in [1.54, 1.807) is 41.2 Å². The third kappa shape index (κ3) is 4.77. The van der Waals surface area contributed by atoms with Crippen molar-refractivity contribution in [2.75, 3.05) is 10.6 Å². The van der Waals surface area contributed by atoms with Crippen molar-refractivity contribution >= 4 is 17.5 Å². The molecule has 2 N–H and O–H groups in total. The molecule has 0 aliphatic carbocycles. The van der Waals surface area contributed by atoms with Crippen LogP contribution in [0.15, 0.2) is 72.9 Å². The van der Waals surface area contributed by atoms with Gasteiger partial charge in [-0.1, -0.05) is 54.6 Å². The van der Waals surface area contributed by atoms with Crippen LogP contribution in [0.1, 0.15) is 45.7 Å². The van der Waals surface area contributed by atoms with E-state index < -0.39 is 24.2 Å². The first kappa shape index (κ1) is 22.7. The number of carbonyl (C=O) groups is 1. The molecule has 0 unspecified atom stereocenters. The van der Waals surface area contributed by atoms with E-state index in [0.29, 0.717) is 6.54 Å². The van der Waals surface area contributed by atoms with E-state index in [9.17, 15) is 18.0 Å². The van der Waals surface area contributed by atoms with Crippen LogP contribution in [-0.2, 0) is 6.54 Å². The Kier molecular flexibility index (Phi) is 5.80. The average Bonchev–Trinajstić information content (AvgIpc) is 3.46. The van der Waals surface area contributed by atoms with Gasteiger partial charge in [-0.25, -0.2) is 4.68 Å². The monoisotopic (exact) mass is 480 g/mol. The van der Waals surface area contributed by atoms with Crippen molar-refractivity contribution in [2.24, 2.45) is 0 Å². The van der Waals surface area contributed by atoms with Gasteiger partial charge in [0.1, 0.15) is 5.82 Å². The maximum absolute atomic E-state index is 13.9. The van der Waals surface area contributed by atoms with E-state index in [1.807, 2.05) is 37.3 Å².